The van der Waals surface area contributed by atoms with Gasteiger partial charge in [-0.3, -0.25) is 4.90 Å². The summed E-state index contributed by atoms with van der Waals surface area (Å²) in [5, 5.41) is 0. The first-order chi connectivity index (χ1) is 9.38. The molecule has 0 aliphatic carbocycles. The van der Waals surface area contributed by atoms with Crippen molar-refractivity contribution in [2.75, 3.05) is 13.1 Å². The first kappa shape index (κ1) is 13.9. The molecule has 1 fully saturated rings. The molecule has 104 valence electrons. The van der Waals surface area contributed by atoms with Crippen molar-refractivity contribution >= 4 is 0 Å². The predicted molar refractivity (Wildman–Crippen MR) is 78.8 cm³/mol. The zero-order valence-corrected chi connectivity index (χ0v) is 11.8. The van der Waals surface area contributed by atoms with Crippen LogP contribution in [-0.4, -0.2) is 18.0 Å². The van der Waals surface area contributed by atoms with Gasteiger partial charge in [0.15, 0.2) is 5.75 Å². The second-order valence-corrected chi connectivity index (χ2v) is 5.01. The molecule has 19 heavy (non-hydrogen) atoms. The second-order valence-electron chi connectivity index (χ2n) is 5.01. The van der Waals surface area contributed by atoms with E-state index in [4.69, 9.17) is 4.84 Å². The van der Waals surface area contributed by atoms with Crippen LogP contribution in [0.5, 0.6) is 5.75 Å². The fourth-order valence-electron chi connectivity index (χ4n) is 2.35. The van der Waals surface area contributed by atoms with Crippen LogP contribution >= 0.6 is 0 Å². The quantitative estimate of drug-likeness (QED) is 0.793. The largest absolute Gasteiger partial charge is 0.383 e. The molecule has 1 aliphatic rings. The lowest BCUT2D eigenvalue weighted by Gasteiger charge is -2.26. The topological polar surface area (TPSA) is 24.5 Å². The van der Waals surface area contributed by atoms with Gasteiger partial charge in [-0.05, 0) is 50.0 Å². The van der Waals surface area contributed by atoms with E-state index in [9.17, 15) is 0 Å². The molecule has 0 radical (unpaired) electrons. The smallest absolute Gasteiger partial charge is 0.155 e. The summed E-state index contributed by atoms with van der Waals surface area (Å²) in [4.78, 5) is 8.00. The Morgan fingerprint density at radius 1 is 1.26 bits per heavy atom. The van der Waals surface area contributed by atoms with Crippen LogP contribution in [0.4, 0.5) is 0 Å². The summed E-state index contributed by atoms with van der Waals surface area (Å²) in [6.45, 7) is 5.57. The lowest BCUT2D eigenvalue weighted by molar-refractivity contribution is 0.219. The molecule has 1 heterocycles. The molecule has 3 heteroatoms. The Bertz CT molecular complexity index is 397. The molecule has 1 saturated heterocycles. The van der Waals surface area contributed by atoms with E-state index >= 15 is 0 Å². The van der Waals surface area contributed by atoms with Crippen LogP contribution in [0.1, 0.15) is 38.2 Å². The van der Waals surface area contributed by atoms with Gasteiger partial charge >= 0.3 is 0 Å². The highest BCUT2D eigenvalue weighted by atomic mass is 16.6. The van der Waals surface area contributed by atoms with Crippen LogP contribution in [0.25, 0.3) is 0 Å². The number of piperidine rings is 1. The van der Waals surface area contributed by atoms with Crippen LogP contribution in [0.3, 0.4) is 0 Å². The minimum atomic E-state index is 0.871. The van der Waals surface area contributed by atoms with Gasteiger partial charge in [-0.25, -0.2) is 5.48 Å². The molecule has 0 atom stereocenters. The first-order valence-corrected chi connectivity index (χ1v) is 7.27. The van der Waals surface area contributed by atoms with Crippen molar-refractivity contribution in [2.24, 2.45) is 0 Å². The van der Waals surface area contributed by atoms with E-state index in [1.807, 2.05) is 18.3 Å². The van der Waals surface area contributed by atoms with Gasteiger partial charge in [0.05, 0.1) is 0 Å². The van der Waals surface area contributed by atoms with Crippen molar-refractivity contribution in [3.05, 3.63) is 42.1 Å². The Balaban J connectivity index is 1.85. The number of rotatable bonds is 6. The molecular formula is C16H24N2O. The third-order valence-electron chi connectivity index (χ3n) is 3.35. The number of hydrogen-bond donors (Lipinski definition) is 1. The molecule has 1 aromatic carbocycles. The van der Waals surface area contributed by atoms with Crippen LogP contribution < -0.4 is 10.3 Å². The third kappa shape index (κ3) is 4.95. The molecule has 0 amide bonds. The van der Waals surface area contributed by atoms with Crippen molar-refractivity contribution in [3.8, 4) is 5.75 Å². The number of benzene rings is 1. The second kappa shape index (κ2) is 7.85. The van der Waals surface area contributed by atoms with Gasteiger partial charge in [-0.1, -0.05) is 31.6 Å². The molecule has 1 aliphatic heterocycles. The van der Waals surface area contributed by atoms with Crippen molar-refractivity contribution < 1.29 is 4.84 Å². The van der Waals surface area contributed by atoms with Gasteiger partial charge in [0, 0.05) is 12.7 Å². The molecule has 0 saturated carbocycles. The molecule has 1 N–H and O–H groups in total. The monoisotopic (exact) mass is 260 g/mol. The Labute approximate surface area is 116 Å². The molecule has 3 nitrogen and oxygen atoms in total. The standard InChI is InChI=1S/C16H24N2O/c1-2-3-10-17-19-16-9-7-8-15(13-16)14-18-11-5-4-6-12-18/h3,7-10,13,17H,2,4-6,11-12,14H2,1H3. The average molecular weight is 260 g/mol. The van der Waals surface area contributed by atoms with Crippen LogP contribution in [0, 0.1) is 0 Å². The molecular weight excluding hydrogens is 236 g/mol. The van der Waals surface area contributed by atoms with Gasteiger partial charge in [0.25, 0.3) is 0 Å². The van der Waals surface area contributed by atoms with Crippen molar-refractivity contribution in [1.29, 1.82) is 0 Å². The molecule has 0 spiro atoms. The van der Waals surface area contributed by atoms with Gasteiger partial charge in [0.1, 0.15) is 0 Å². The van der Waals surface area contributed by atoms with Crippen LogP contribution in [0.15, 0.2) is 36.5 Å². The molecule has 2 rings (SSSR count). The third-order valence-corrected chi connectivity index (χ3v) is 3.35. The first-order valence-electron chi connectivity index (χ1n) is 7.27. The Kier molecular flexibility index (Phi) is 5.76. The highest BCUT2D eigenvalue weighted by Gasteiger charge is 2.10. The highest BCUT2D eigenvalue weighted by molar-refractivity contribution is 5.28. The van der Waals surface area contributed by atoms with Crippen molar-refractivity contribution in [2.45, 2.75) is 39.2 Å². The minimum Gasteiger partial charge on any atom is -0.383 e. The lowest BCUT2D eigenvalue weighted by atomic mass is 10.1. The summed E-state index contributed by atoms with van der Waals surface area (Å²) in [6.07, 6.45) is 8.91. The highest BCUT2D eigenvalue weighted by Crippen LogP contribution is 2.17. The Morgan fingerprint density at radius 3 is 2.89 bits per heavy atom. The van der Waals surface area contributed by atoms with E-state index in [1.54, 1.807) is 0 Å². The molecule has 0 bridgehead atoms. The van der Waals surface area contributed by atoms with Crippen LogP contribution in [0.2, 0.25) is 0 Å². The van der Waals surface area contributed by atoms with Crippen molar-refractivity contribution in [3.63, 3.8) is 0 Å². The zero-order valence-electron chi connectivity index (χ0n) is 11.8. The molecule has 0 unspecified atom stereocenters. The number of likely N-dealkylation sites (tertiary alicyclic amines) is 1. The van der Waals surface area contributed by atoms with Gasteiger partial charge < -0.3 is 4.84 Å². The maximum Gasteiger partial charge on any atom is 0.155 e. The fraction of sp³-hybridized carbons (Fsp3) is 0.500. The van der Waals surface area contributed by atoms with E-state index in [-0.39, 0.29) is 0 Å². The maximum absolute atomic E-state index is 5.48. The number of hydrogen-bond acceptors (Lipinski definition) is 3. The minimum absolute atomic E-state index is 0.871. The SMILES string of the molecule is CCC=CNOc1cccc(CN2CCCCC2)c1. The van der Waals surface area contributed by atoms with Crippen molar-refractivity contribution in [1.82, 2.24) is 10.4 Å². The number of nitrogens with zero attached hydrogens (tertiary/aromatic N) is 1. The lowest BCUT2D eigenvalue weighted by Crippen LogP contribution is -2.29. The molecule has 0 aromatic heterocycles. The van der Waals surface area contributed by atoms with E-state index in [2.05, 4.69) is 35.5 Å². The summed E-state index contributed by atoms with van der Waals surface area (Å²) >= 11 is 0. The number of hydroxylamine groups is 1. The number of nitrogens with one attached hydrogen (secondary N) is 1. The maximum atomic E-state index is 5.48. The zero-order chi connectivity index (χ0) is 13.3. The fourth-order valence-corrected chi connectivity index (χ4v) is 2.35. The predicted octanol–water partition coefficient (Wildman–Crippen LogP) is 3.48. The normalized spacial score (nSPS) is 16.7. The van der Waals surface area contributed by atoms with Gasteiger partial charge in [0.2, 0.25) is 0 Å². The summed E-state index contributed by atoms with van der Waals surface area (Å²) in [7, 11) is 0. The Hall–Kier alpha value is -1.48. The summed E-state index contributed by atoms with van der Waals surface area (Å²) in [5.74, 6) is 0.871. The van der Waals surface area contributed by atoms with E-state index in [1.165, 1.54) is 37.9 Å². The van der Waals surface area contributed by atoms with Gasteiger partial charge in [-0.2, -0.15) is 0 Å². The number of allylic oxidation sites excluding steroid dienone is 1. The Morgan fingerprint density at radius 2 is 2.11 bits per heavy atom. The van der Waals surface area contributed by atoms with Gasteiger partial charge in [-0.15, -0.1) is 0 Å². The summed E-state index contributed by atoms with van der Waals surface area (Å²) in [5.41, 5.74) is 4.16. The van der Waals surface area contributed by atoms with E-state index < -0.39 is 0 Å². The van der Waals surface area contributed by atoms with E-state index in [0.29, 0.717) is 0 Å². The van der Waals surface area contributed by atoms with E-state index in [0.717, 1.165) is 18.7 Å². The molecule has 1 aromatic rings. The average Bonchev–Trinajstić information content (AvgIpc) is 2.45. The summed E-state index contributed by atoms with van der Waals surface area (Å²) in [6, 6.07) is 8.32. The summed E-state index contributed by atoms with van der Waals surface area (Å²) < 4.78 is 0. The van der Waals surface area contributed by atoms with Crippen LogP contribution in [-0.2, 0) is 6.54 Å².